The fourth-order valence-corrected chi connectivity index (χ4v) is 2.17. The molecule has 0 radical (unpaired) electrons. The molecule has 1 nitrogen and oxygen atoms in total. The van der Waals surface area contributed by atoms with Crippen LogP contribution in [-0.2, 0) is 0 Å². The first-order valence-corrected chi connectivity index (χ1v) is 5.92. The quantitative estimate of drug-likeness (QED) is 0.663. The highest BCUT2D eigenvalue weighted by molar-refractivity contribution is 4.70. The molecule has 13 heavy (non-hydrogen) atoms. The molecule has 0 amide bonds. The van der Waals surface area contributed by atoms with Crippen LogP contribution < -0.4 is 5.32 Å². The third-order valence-corrected chi connectivity index (χ3v) is 3.19. The van der Waals surface area contributed by atoms with Crippen LogP contribution in [0.1, 0.15) is 52.9 Å². The first-order chi connectivity index (χ1) is 6.18. The molecule has 78 valence electrons. The molecule has 2 unspecified atom stereocenters. The number of nitrogens with one attached hydrogen (secondary N) is 1. The van der Waals surface area contributed by atoms with E-state index in [1.165, 1.54) is 38.6 Å². The van der Waals surface area contributed by atoms with Gasteiger partial charge in [-0.05, 0) is 31.2 Å². The highest BCUT2D eigenvalue weighted by Crippen LogP contribution is 2.26. The lowest BCUT2D eigenvalue weighted by molar-refractivity contribution is 0.401. The maximum absolute atomic E-state index is 3.56. The third kappa shape index (κ3) is 4.66. The highest BCUT2D eigenvalue weighted by Gasteiger charge is 2.15. The van der Waals surface area contributed by atoms with E-state index in [-0.39, 0.29) is 0 Å². The Bertz CT molecular complexity index is 131. The van der Waals surface area contributed by atoms with Crippen molar-refractivity contribution < 1.29 is 0 Å². The summed E-state index contributed by atoms with van der Waals surface area (Å²) in [4.78, 5) is 0. The van der Waals surface area contributed by atoms with Crippen molar-refractivity contribution in [3.63, 3.8) is 0 Å². The van der Waals surface area contributed by atoms with Gasteiger partial charge in [-0.15, -0.1) is 0 Å². The molecule has 0 aromatic carbocycles. The standard InChI is InChI=1S/C12H25N/c1-10(2)13-9-12-6-4-5-11(3)7-8-12/h10-13H,4-9H2,1-3H3. The molecular formula is C12H25N. The molecule has 0 bridgehead atoms. The van der Waals surface area contributed by atoms with Gasteiger partial charge in [0.2, 0.25) is 0 Å². The predicted molar refractivity (Wildman–Crippen MR) is 58.9 cm³/mol. The van der Waals surface area contributed by atoms with Gasteiger partial charge in [0.1, 0.15) is 0 Å². The second-order valence-corrected chi connectivity index (χ2v) is 5.04. The minimum atomic E-state index is 0.653. The van der Waals surface area contributed by atoms with Gasteiger partial charge in [-0.2, -0.15) is 0 Å². The molecule has 2 atom stereocenters. The van der Waals surface area contributed by atoms with Crippen molar-refractivity contribution in [2.45, 2.75) is 58.9 Å². The normalized spacial score (nSPS) is 30.5. The van der Waals surface area contributed by atoms with Crippen molar-refractivity contribution in [1.29, 1.82) is 0 Å². The zero-order valence-corrected chi connectivity index (χ0v) is 9.47. The van der Waals surface area contributed by atoms with Gasteiger partial charge in [0.25, 0.3) is 0 Å². The SMILES string of the molecule is CC1CCCC(CNC(C)C)CC1. The molecule has 0 aromatic rings. The van der Waals surface area contributed by atoms with Gasteiger partial charge < -0.3 is 5.32 Å². The van der Waals surface area contributed by atoms with Crippen molar-refractivity contribution >= 4 is 0 Å². The van der Waals surface area contributed by atoms with Gasteiger partial charge in [0, 0.05) is 6.04 Å². The Kier molecular flexibility index (Phi) is 4.79. The van der Waals surface area contributed by atoms with Crippen LogP contribution in [0.15, 0.2) is 0 Å². The summed E-state index contributed by atoms with van der Waals surface area (Å²) < 4.78 is 0. The van der Waals surface area contributed by atoms with Gasteiger partial charge in [0.15, 0.2) is 0 Å². The van der Waals surface area contributed by atoms with Gasteiger partial charge in [-0.1, -0.05) is 40.0 Å². The van der Waals surface area contributed by atoms with Crippen molar-refractivity contribution in [2.24, 2.45) is 11.8 Å². The average molecular weight is 183 g/mol. The zero-order chi connectivity index (χ0) is 9.68. The fourth-order valence-electron chi connectivity index (χ4n) is 2.17. The Hall–Kier alpha value is -0.0400. The van der Waals surface area contributed by atoms with E-state index in [1.54, 1.807) is 0 Å². The van der Waals surface area contributed by atoms with Crippen LogP contribution in [0.3, 0.4) is 0 Å². The highest BCUT2D eigenvalue weighted by atomic mass is 14.9. The third-order valence-electron chi connectivity index (χ3n) is 3.19. The van der Waals surface area contributed by atoms with Gasteiger partial charge in [0.05, 0.1) is 0 Å². The van der Waals surface area contributed by atoms with E-state index in [4.69, 9.17) is 0 Å². The Labute approximate surface area is 83.3 Å². The second-order valence-electron chi connectivity index (χ2n) is 5.04. The molecule has 1 aliphatic carbocycles. The first kappa shape index (κ1) is 11.0. The molecular weight excluding hydrogens is 158 g/mol. The monoisotopic (exact) mass is 183 g/mol. The van der Waals surface area contributed by atoms with Crippen molar-refractivity contribution in [1.82, 2.24) is 5.32 Å². The maximum atomic E-state index is 3.56. The summed E-state index contributed by atoms with van der Waals surface area (Å²) in [7, 11) is 0. The van der Waals surface area contributed by atoms with Crippen LogP contribution in [0.2, 0.25) is 0 Å². The Balaban J connectivity index is 2.18. The number of rotatable bonds is 3. The van der Waals surface area contributed by atoms with E-state index in [0.717, 1.165) is 11.8 Å². The molecule has 0 aromatic heterocycles. The van der Waals surface area contributed by atoms with Crippen LogP contribution in [0, 0.1) is 11.8 Å². The topological polar surface area (TPSA) is 12.0 Å². The maximum Gasteiger partial charge on any atom is 0.00104 e. The zero-order valence-electron chi connectivity index (χ0n) is 9.47. The minimum Gasteiger partial charge on any atom is -0.314 e. The lowest BCUT2D eigenvalue weighted by atomic mass is 9.99. The second kappa shape index (κ2) is 5.64. The molecule has 0 heterocycles. The van der Waals surface area contributed by atoms with E-state index in [2.05, 4.69) is 26.1 Å². The van der Waals surface area contributed by atoms with Crippen molar-refractivity contribution in [2.75, 3.05) is 6.54 Å². The van der Waals surface area contributed by atoms with Crippen LogP contribution >= 0.6 is 0 Å². The largest absolute Gasteiger partial charge is 0.314 e. The van der Waals surface area contributed by atoms with Crippen molar-refractivity contribution in [3.8, 4) is 0 Å². The fraction of sp³-hybridized carbons (Fsp3) is 1.00. The minimum absolute atomic E-state index is 0.653. The molecule has 1 aliphatic rings. The predicted octanol–water partition coefficient (Wildman–Crippen LogP) is 3.20. The summed E-state index contributed by atoms with van der Waals surface area (Å²) in [6.07, 6.45) is 7.25. The van der Waals surface area contributed by atoms with E-state index < -0.39 is 0 Å². The lowest BCUT2D eigenvalue weighted by Gasteiger charge is -2.16. The molecule has 0 spiro atoms. The summed E-state index contributed by atoms with van der Waals surface area (Å²) in [5, 5.41) is 3.56. The Morgan fingerprint density at radius 2 is 1.92 bits per heavy atom. The molecule has 0 aliphatic heterocycles. The summed E-state index contributed by atoms with van der Waals surface area (Å²) in [6.45, 7) is 8.11. The van der Waals surface area contributed by atoms with Gasteiger partial charge in [-0.25, -0.2) is 0 Å². The van der Waals surface area contributed by atoms with Crippen LogP contribution in [-0.4, -0.2) is 12.6 Å². The smallest absolute Gasteiger partial charge is 0.00104 e. The Morgan fingerprint density at radius 3 is 2.62 bits per heavy atom. The van der Waals surface area contributed by atoms with E-state index in [9.17, 15) is 0 Å². The average Bonchev–Trinajstić information content (AvgIpc) is 2.27. The Morgan fingerprint density at radius 1 is 1.15 bits per heavy atom. The molecule has 1 heteroatoms. The van der Waals surface area contributed by atoms with Gasteiger partial charge >= 0.3 is 0 Å². The number of hydrogen-bond acceptors (Lipinski definition) is 1. The summed E-state index contributed by atoms with van der Waals surface area (Å²) >= 11 is 0. The lowest BCUT2D eigenvalue weighted by Crippen LogP contribution is -2.28. The number of hydrogen-bond donors (Lipinski definition) is 1. The molecule has 1 saturated carbocycles. The summed E-state index contributed by atoms with van der Waals surface area (Å²) in [5.41, 5.74) is 0. The van der Waals surface area contributed by atoms with E-state index >= 15 is 0 Å². The van der Waals surface area contributed by atoms with E-state index in [1.807, 2.05) is 0 Å². The van der Waals surface area contributed by atoms with Crippen LogP contribution in [0.25, 0.3) is 0 Å². The van der Waals surface area contributed by atoms with Crippen molar-refractivity contribution in [3.05, 3.63) is 0 Å². The molecule has 0 saturated heterocycles. The molecule has 1 fully saturated rings. The molecule has 1 N–H and O–H groups in total. The first-order valence-electron chi connectivity index (χ1n) is 5.92. The van der Waals surface area contributed by atoms with E-state index in [0.29, 0.717) is 6.04 Å². The summed E-state index contributed by atoms with van der Waals surface area (Å²) in [6, 6.07) is 0.653. The molecule has 1 rings (SSSR count). The summed E-state index contributed by atoms with van der Waals surface area (Å²) in [5.74, 6) is 1.93. The van der Waals surface area contributed by atoms with Crippen LogP contribution in [0.4, 0.5) is 0 Å². The van der Waals surface area contributed by atoms with Crippen LogP contribution in [0.5, 0.6) is 0 Å². The van der Waals surface area contributed by atoms with Gasteiger partial charge in [-0.3, -0.25) is 0 Å².